The van der Waals surface area contributed by atoms with Crippen molar-refractivity contribution in [2.45, 2.75) is 52.6 Å². The molecule has 0 atom stereocenters. The SMILES string of the molecule is CCNC(=NCc1nnc2n1CCCC2)NCCc1ccc(C)c(OC)c1. The molecular formula is C20H30N6O. The Hall–Kier alpha value is -2.57. The summed E-state index contributed by atoms with van der Waals surface area (Å²) in [6, 6.07) is 6.34. The number of hydrogen-bond donors (Lipinski definition) is 2. The molecule has 2 aromatic rings. The maximum absolute atomic E-state index is 5.41. The number of nitrogens with one attached hydrogen (secondary N) is 2. The number of aliphatic imine (C=N–C) groups is 1. The summed E-state index contributed by atoms with van der Waals surface area (Å²) in [4.78, 5) is 4.69. The molecule has 7 heteroatoms. The third-order valence-electron chi connectivity index (χ3n) is 4.84. The smallest absolute Gasteiger partial charge is 0.191 e. The van der Waals surface area contributed by atoms with E-state index in [2.05, 4.69) is 62.4 Å². The number of methoxy groups -OCH3 is 1. The van der Waals surface area contributed by atoms with E-state index in [1.165, 1.54) is 18.4 Å². The van der Waals surface area contributed by atoms with Crippen molar-refractivity contribution >= 4 is 5.96 Å². The first-order chi connectivity index (χ1) is 13.2. The van der Waals surface area contributed by atoms with Gasteiger partial charge in [0.2, 0.25) is 0 Å². The topological polar surface area (TPSA) is 76.4 Å². The third kappa shape index (κ3) is 4.99. The molecule has 1 aromatic heterocycles. The summed E-state index contributed by atoms with van der Waals surface area (Å²) in [7, 11) is 1.71. The highest BCUT2D eigenvalue weighted by atomic mass is 16.5. The van der Waals surface area contributed by atoms with Crippen molar-refractivity contribution in [1.82, 2.24) is 25.4 Å². The van der Waals surface area contributed by atoms with E-state index in [0.29, 0.717) is 6.54 Å². The van der Waals surface area contributed by atoms with Crippen molar-refractivity contribution in [3.8, 4) is 5.75 Å². The van der Waals surface area contributed by atoms with Crippen molar-refractivity contribution in [2.24, 2.45) is 4.99 Å². The normalized spacial score (nSPS) is 14.0. The van der Waals surface area contributed by atoms with Gasteiger partial charge in [0.15, 0.2) is 11.8 Å². The van der Waals surface area contributed by atoms with Gasteiger partial charge in [-0.25, -0.2) is 4.99 Å². The first-order valence-electron chi connectivity index (χ1n) is 9.78. The molecule has 1 aliphatic rings. The standard InChI is InChI=1S/C20H30N6O/c1-4-21-20(22-11-10-16-9-8-15(2)17(13-16)27-3)23-14-19-25-24-18-7-5-6-12-26(18)19/h8-9,13H,4-7,10-12,14H2,1-3H3,(H2,21,22,23). The first-order valence-corrected chi connectivity index (χ1v) is 9.78. The molecule has 1 aromatic carbocycles. The zero-order chi connectivity index (χ0) is 19.1. The van der Waals surface area contributed by atoms with Gasteiger partial charge >= 0.3 is 0 Å². The first kappa shape index (κ1) is 19.2. The molecule has 2 heterocycles. The molecule has 0 saturated heterocycles. The number of aromatic nitrogens is 3. The number of aryl methyl sites for hydroxylation is 2. The van der Waals surface area contributed by atoms with Crippen molar-refractivity contribution in [3.05, 3.63) is 41.0 Å². The van der Waals surface area contributed by atoms with Gasteiger partial charge in [-0.2, -0.15) is 0 Å². The van der Waals surface area contributed by atoms with Crippen LogP contribution in [0.2, 0.25) is 0 Å². The molecule has 2 N–H and O–H groups in total. The van der Waals surface area contributed by atoms with Crippen molar-refractivity contribution in [3.63, 3.8) is 0 Å². The number of fused-ring (bicyclic) bond motifs is 1. The molecule has 0 bridgehead atoms. The van der Waals surface area contributed by atoms with Gasteiger partial charge in [-0.3, -0.25) is 0 Å². The van der Waals surface area contributed by atoms with Crippen LogP contribution in [0.15, 0.2) is 23.2 Å². The quantitative estimate of drug-likeness (QED) is 0.577. The molecule has 3 rings (SSSR count). The van der Waals surface area contributed by atoms with Crippen LogP contribution in [-0.2, 0) is 25.9 Å². The maximum atomic E-state index is 5.41. The van der Waals surface area contributed by atoms with Gasteiger partial charge in [0.05, 0.1) is 7.11 Å². The highest BCUT2D eigenvalue weighted by Crippen LogP contribution is 2.19. The van der Waals surface area contributed by atoms with Crippen LogP contribution >= 0.6 is 0 Å². The lowest BCUT2D eigenvalue weighted by atomic mass is 10.1. The van der Waals surface area contributed by atoms with Crippen LogP contribution in [0.3, 0.4) is 0 Å². The number of rotatable bonds is 7. The monoisotopic (exact) mass is 370 g/mol. The van der Waals surface area contributed by atoms with Crippen LogP contribution in [0, 0.1) is 6.92 Å². The van der Waals surface area contributed by atoms with Crippen molar-refractivity contribution in [2.75, 3.05) is 20.2 Å². The second kappa shape index (κ2) is 9.39. The molecule has 27 heavy (non-hydrogen) atoms. The fraction of sp³-hybridized carbons (Fsp3) is 0.550. The summed E-state index contributed by atoms with van der Waals surface area (Å²) < 4.78 is 7.62. The number of nitrogens with zero attached hydrogens (tertiary/aromatic N) is 4. The second-order valence-corrected chi connectivity index (χ2v) is 6.82. The minimum Gasteiger partial charge on any atom is -0.496 e. The minimum atomic E-state index is 0.542. The van der Waals surface area contributed by atoms with Crippen molar-refractivity contribution < 1.29 is 4.74 Å². The molecule has 0 fully saturated rings. The molecule has 0 radical (unpaired) electrons. The highest BCUT2D eigenvalue weighted by molar-refractivity contribution is 5.79. The number of benzene rings is 1. The lowest BCUT2D eigenvalue weighted by Gasteiger charge is -2.15. The molecule has 0 amide bonds. The van der Waals surface area contributed by atoms with Gasteiger partial charge in [-0.05, 0) is 50.3 Å². The van der Waals surface area contributed by atoms with Gasteiger partial charge in [0.25, 0.3) is 0 Å². The lowest BCUT2D eigenvalue weighted by Crippen LogP contribution is -2.38. The van der Waals surface area contributed by atoms with Crippen LogP contribution < -0.4 is 15.4 Å². The fourth-order valence-electron chi connectivity index (χ4n) is 3.32. The highest BCUT2D eigenvalue weighted by Gasteiger charge is 2.15. The number of ether oxygens (including phenoxy) is 1. The number of hydrogen-bond acceptors (Lipinski definition) is 4. The van der Waals surface area contributed by atoms with Gasteiger partial charge in [-0.15, -0.1) is 10.2 Å². The molecule has 146 valence electrons. The fourth-order valence-corrected chi connectivity index (χ4v) is 3.32. The summed E-state index contributed by atoms with van der Waals surface area (Å²) in [6.07, 6.45) is 4.33. The van der Waals surface area contributed by atoms with Crippen LogP contribution in [0.4, 0.5) is 0 Å². The zero-order valence-electron chi connectivity index (χ0n) is 16.6. The Bertz CT molecular complexity index is 783. The summed E-state index contributed by atoms with van der Waals surface area (Å²) >= 11 is 0. The van der Waals surface area contributed by atoms with E-state index in [9.17, 15) is 0 Å². The molecule has 0 aliphatic carbocycles. The Morgan fingerprint density at radius 1 is 1.26 bits per heavy atom. The Morgan fingerprint density at radius 3 is 2.96 bits per heavy atom. The Labute approximate surface area is 161 Å². The second-order valence-electron chi connectivity index (χ2n) is 6.82. The van der Waals surface area contributed by atoms with E-state index in [0.717, 1.165) is 61.4 Å². The largest absolute Gasteiger partial charge is 0.496 e. The van der Waals surface area contributed by atoms with Gasteiger partial charge in [-0.1, -0.05) is 12.1 Å². The predicted molar refractivity (Wildman–Crippen MR) is 107 cm³/mol. The van der Waals surface area contributed by atoms with E-state index in [4.69, 9.17) is 4.74 Å². The van der Waals surface area contributed by atoms with Gasteiger partial charge < -0.3 is 19.9 Å². The number of guanidine groups is 1. The molecule has 0 spiro atoms. The van der Waals surface area contributed by atoms with Crippen LogP contribution in [0.25, 0.3) is 0 Å². The minimum absolute atomic E-state index is 0.542. The summed E-state index contributed by atoms with van der Waals surface area (Å²) in [5, 5.41) is 15.3. The van der Waals surface area contributed by atoms with Crippen molar-refractivity contribution in [1.29, 1.82) is 0 Å². The summed E-state index contributed by atoms with van der Waals surface area (Å²) in [6.45, 7) is 7.30. The van der Waals surface area contributed by atoms with Gasteiger partial charge in [0, 0.05) is 26.1 Å². The van der Waals surface area contributed by atoms with E-state index < -0.39 is 0 Å². The lowest BCUT2D eigenvalue weighted by molar-refractivity contribution is 0.411. The Kier molecular flexibility index (Phi) is 6.68. The third-order valence-corrected chi connectivity index (χ3v) is 4.84. The molecular weight excluding hydrogens is 340 g/mol. The van der Waals surface area contributed by atoms with Crippen LogP contribution in [-0.4, -0.2) is 40.9 Å². The molecule has 1 aliphatic heterocycles. The Balaban J connectivity index is 1.57. The van der Waals surface area contributed by atoms with E-state index in [1.807, 2.05) is 0 Å². The predicted octanol–water partition coefficient (Wildman–Crippen LogP) is 2.23. The average Bonchev–Trinajstić information content (AvgIpc) is 3.10. The molecule has 0 unspecified atom stereocenters. The zero-order valence-corrected chi connectivity index (χ0v) is 16.6. The molecule has 7 nitrogen and oxygen atoms in total. The van der Waals surface area contributed by atoms with E-state index in [1.54, 1.807) is 7.11 Å². The molecule has 0 saturated carbocycles. The Morgan fingerprint density at radius 2 is 2.15 bits per heavy atom. The average molecular weight is 371 g/mol. The van der Waals surface area contributed by atoms with Gasteiger partial charge in [0.1, 0.15) is 18.1 Å². The van der Waals surface area contributed by atoms with E-state index in [-0.39, 0.29) is 0 Å². The summed E-state index contributed by atoms with van der Waals surface area (Å²) in [5.74, 6) is 3.79. The maximum Gasteiger partial charge on any atom is 0.191 e. The van der Waals surface area contributed by atoms with Crippen LogP contribution in [0.1, 0.15) is 42.5 Å². The van der Waals surface area contributed by atoms with E-state index >= 15 is 0 Å². The summed E-state index contributed by atoms with van der Waals surface area (Å²) in [5.41, 5.74) is 2.40. The van der Waals surface area contributed by atoms with Crippen LogP contribution in [0.5, 0.6) is 5.75 Å².